The van der Waals surface area contributed by atoms with Gasteiger partial charge >= 0.3 is 5.97 Å². The van der Waals surface area contributed by atoms with Crippen LogP contribution in [0.1, 0.15) is 77.2 Å². The molecule has 0 saturated heterocycles. The SMILES string of the molecule is COC(=O)c1cnn(-c2cccc([C@@H]3CCC[C@H](CN)C3)c2)c1C1CC1c1cn(C)nn1.Cl. The second kappa shape index (κ2) is 9.65. The Bertz CT molecular complexity index is 1130. The van der Waals surface area contributed by atoms with Gasteiger partial charge in [-0.05, 0) is 61.8 Å². The van der Waals surface area contributed by atoms with Crippen LogP contribution in [-0.2, 0) is 11.8 Å². The molecule has 1 aromatic carbocycles. The van der Waals surface area contributed by atoms with Crippen molar-refractivity contribution in [2.75, 3.05) is 13.7 Å². The average molecular weight is 471 g/mol. The summed E-state index contributed by atoms with van der Waals surface area (Å²) in [5.41, 5.74) is 10.6. The zero-order valence-corrected chi connectivity index (χ0v) is 19.9. The highest BCUT2D eigenvalue weighted by Crippen LogP contribution is 2.55. The lowest BCUT2D eigenvalue weighted by Crippen LogP contribution is -2.21. The van der Waals surface area contributed by atoms with Gasteiger partial charge in [0.1, 0.15) is 5.56 Å². The van der Waals surface area contributed by atoms with Crippen molar-refractivity contribution in [1.82, 2.24) is 24.8 Å². The van der Waals surface area contributed by atoms with E-state index in [0.29, 0.717) is 17.4 Å². The monoisotopic (exact) mass is 470 g/mol. The van der Waals surface area contributed by atoms with Crippen LogP contribution in [0.15, 0.2) is 36.7 Å². The molecule has 2 heterocycles. The minimum atomic E-state index is -0.356. The van der Waals surface area contributed by atoms with E-state index in [-0.39, 0.29) is 30.2 Å². The van der Waals surface area contributed by atoms with Crippen LogP contribution in [0.25, 0.3) is 5.69 Å². The number of carbonyl (C=O) groups excluding carboxylic acids is 1. The van der Waals surface area contributed by atoms with E-state index in [9.17, 15) is 4.79 Å². The quantitative estimate of drug-likeness (QED) is 0.551. The van der Waals surface area contributed by atoms with E-state index < -0.39 is 0 Å². The van der Waals surface area contributed by atoms with Gasteiger partial charge in [0.25, 0.3) is 0 Å². The summed E-state index contributed by atoms with van der Waals surface area (Å²) in [4.78, 5) is 12.5. The maximum absolute atomic E-state index is 12.5. The van der Waals surface area contributed by atoms with Crippen molar-refractivity contribution in [2.45, 2.75) is 49.9 Å². The van der Waals surface area contributed by atoms with E-state index in [1.54, 1.807) is 10.9 Å². The van der Waals surface area contributed by atoms with Crippen LogP contribution in [0.5, 0.6) is 0 Å². The van der Waals surface area contributed by atoms with Crippen LogP contribution in [0.4, 0.5) is 0 Å². The predicted octanol–water partition coefficient (Wildman–Crippen LogP) is 3.71. The minimum Gasteiger partial charge on any atom is -0.465 e. The first-order valence-electron chi connectivity index (χ1n) is 11.4. The van der Waals surface area contributed by atoms with Gasteiger partial charge in [0.05, 0.1) is 30.4 Å². The molecule has 2 aliphatic rings. The number of aryl methyl sites for hydroxylation is 1. The van der Waals surface area contributed by atoms with Gasteiger partial charge in [0, 0.05) is 25.1 Å². The highest BCUT2D eigenvalue weighted by Gasteiger charge is 2.46. The maximum Gasteiger partial charge on any atom is 0.341 e. The molecule has 2 N–H and O–H groups in total. The molecule has 0 aliphatic heterocycles. The fourth-order valence-corrected chi connectivity index (χ4v) is 5.27. The number of aromatic nitrogens is 5. The Morgan fingerprint density at radius 2 is 2.09 bits per heavy atom. The summed E-state index contributed by atoms with van der Waals surface area (Å²) in [5, 5.41) is 13.0. The normalized spacial score (nSPS) is 24.2. The summed E-state index contributed by atoms with van der Waals surface area (Å²) in [6.07, 6.45) is 9.26. The molecule has 3 aromatic rings. The van der Waals surface area contributed by atoms with Gasteiger partial charge in [0.2, 0.25) is 0 Å². The van der Waals surface area contributed by atoms with E-state index in [1.165, 1.54) is 31.9 Å². The fourth-order valence-electron chi connectivity index (χ4n) is 5.27. The largest absolute Gasteiger partial charge is 0.465 e. The molecule has 2 saturated carbocycles. The molecule has 2 aromatic heterocycles. The number of esters is 1. The Balaban J connectivity index is 0.00000259. The van der Waals surface area contributed by atoms with Crippen LogP contribution in [0.2, 0.25) is 0 Å². The number of carbonyl (C=O) groups is 1. The first-order chi connectivity index (χ1) is 15.6. The number of methoxy groups -OCH3 is 1. The summed E-state index contributed by atoms with van der Waals surface area (Å²) in [5.74, 6) is 1.15. The number of benzene rings is 1. The first-order valence-corrected chi connectivity index (χ1v) is 11.4. The molecule has 2 aliphatic carbocycles. The number of halogens is 1. The van der Waals surface area contributed by atoms with Gasteiger partial charge in [-0.25, -0.2) is 9.48 Å². The van der Waals surface area contributed by atoms with E-state index in [4.69, 9.17) is 10.5 Å². The van der Waals surface area contributed by atoms with Crippen LogP contribution in [0, 0.1) is 5.92 Å². The number of hydrogen-bond acceptors (Lipinski definition) is 6. The van der Waals surface area contributed by atoms with Crippen molar-refractivity contribution >= 4 is 18.4 Å². The fraction of sp³-hybridized carbons (Fsp3) is 0.500. The smallest absolute Gasteiger partial charge is 0.341 e. The average Bonchev–Trinajstić information content (AvgIpc) is 3.28. The summed E-state index contributed by atoms with van der Waals surface area (Å²) in [6, 6.07) is 8.58. The molecule has 2 fully saturated rings. The van der Waals surface area contributed by atoms with Gasteiger partial charge in [-0.1, -0.05) is 23.8 Å². The van der Waals surface area contributed by atoms with E-state index in [2.05, 4.69) is 39.7 Å². The number of rotatable bonds is 6. The Morgan fingerprint density at radius 3 is 2.82 bits per heavy atom. The zero-order valence-electron chi connectivity index (χ0n) is 19.1. The van der Waals surface area contributed by atoms with Gasteiger partial charge in [-0.2, -0.15) is 5.10 Å². The number of nitrogens with zero attached hydrogens (tertiary/aromatic N) is 5. The van der Waals surface area contributed by atoms with Gasteiger partial charge in [0.15, 0.2) is 0 Å². The Morgan fingerprint density at radius 1 is 1.24 bits per heavy atom. The highest BCUT2D eigenvalue weighted by atomic mass is 35.5. The van der Waals surface area contributed by atoms with Crippen LogP contribution in [0.3, 0.4) is 0 Å². The molecule has 33 heavy (non-hydrogen) atoms. The summed E-state index contributed by atoms with van der Waals surface area (Å²) >= 11 is 0. The van der Waals surface area contributed by atoms with Crippen LogP contribution in [-0.4, -0.2) is 44.4 Å². The molecule has 0 bridgehead atoms. The minimum absolute atomic E-state index is 0. The lowest BCUT2D eigenvalue weighted by Gasteiger charge is -2.28. The van der Waals surface area contributed by atoms with E-state index in [0.717, 1.165) is 36.5 Å². The number of nitrogens with two attached hydrogens (primary N) is 1. The summed E-state index contributed by atoms with van der Waals surface area (Å²) in [6.45, 7) is 0.757. The molecule has 5 rings (SSSR count). The van der Waals surface area contributed by atoms with Gasteiger partial charge in [-0.15, -0.1) is 17.5 Å². The maximum atomic E-state index is 12.5. The van der Waals surface area contributed by atoms with Gasteiger partial charge in [-0.3, -0.25) is 4.68 Å². The van der Waals surface area contributed by atoms with Crippen molar-refractivity contribution < 1.29 is 9.53 Å². The predicted molar refractivity (Wildman–Crippen MR) is 127 cm³/mol. The van der Waals surface area contributed by atoms with Crippen LogP contribution >= 0.6 is 12.4 Å². The zero-order chi connectivity index (χ0) is 22.2. The third-order valence-electron chi connectivity index (χ3n) is 7.06. The van der Waals surface area contributed by atoms with Crippen molar-refractivity contribution in [2.24, 2.45) is 18.7 Å². The van der Waals surface area contributed by atoms with Crippen molar-refractivity contribution in [3.05, 3.63) is 59.2 Å². The third kappa shape index (κ3) is 4.54. The second-order valence-corrected chi connectivity index (χ2v) is 9.17. The molecule has 0 radical (unpaired) electrons. The van der Waals surface area contributed by atoms with Gasteiger partial charge < -0.3 is 10.5 Å². The molecule has 0 amide bonds. The molecule has 8 nitrogen and oxygen atoms in total. The molecule has 0 spiro atoms. The van der Waals surface area contributed by atoms with Crippen LogP contribution < -0.4 is 5.73 Å². The van der Waals surface area contributed by atoms with Crippen molar-refractivity contribution in [3.63, 3.8) is 0 Å². The Kier molecular flexibility index (Phi) is 6.86. The second-order valence-electron chi connectivity index (χ2n) is 9.17. The third-order valence-corrected chi connectivity index (χ3v) is 7.06. The van der Waals surface area contributed by atoms with Crippen molar-refractivity contribution in [1.29, 1.82) is 0 Å². The molecule has 176 valence electrons. The molecular weight excluding hydrogens is 440 g/mol. The highest BCUT2D eigenvalue weighted by molar-refractivity contribution is 5.91. The topological polar surface area (TPSA) is 101 Å². The molecule has 9 heteroatoms. The van der Waals surface area contributed by atoms with E-state index in [1.807, 2.05) is 17.9 Å². The molecular formula is C24H31ClN6O2. The molecule has 2 unspecified atom stereocenters. The summed E-state index contributed by atoms with van der Waals surface area (Å²) < 4.78 is 8.69. The lowest BCUT2D eigenvalue weighted by atomic mass is 9.78. The Hall–Kier alpha value is -2.71. The molecule has 4 atom stereocenters. The first kappa shape index (κ1) is 23.4. The van der Waals surface area contributed by atoms with E-state index >= 15 is 0 Å². The summed E-state index contributed by atoms with van der Waals surface area (Å²) in [7, 11) is 3.28. The lowest BCUT2D eigenvalue weighted by molar-refractivity contribution is 0.0599. The number of hydrogen-bond donors (Lipinski definition) is 1. The van der Waals surface area contributed by atoms with Crippen molar-refractivity contribution in [3.8, 4) is 5.69 Å². The Labute approximate surface area is 199 Å². The standard InChI is InChI=1S/C24H30N6O2.ClH/c1-29-14-22(27-28-29)19-11-20(19)23-21(24(31)32-2)13-26-30(23)18-8-4-7-17(10-18)16-6-3-5-15(9-16)12-25;/h4,7-8,10,13-16,19-20H,3,5-6,9,11-12,25H2,1-2H3;1H/t15-,16+,19?,20?;/m0./s1. The number of ether oxygens (including phenoxy) is 1.